The van der Waals surface area contributed by atoms with Crippen LogP contribution in [0.25, 0.3) is 0 Å². The number of carbonyl (C=O) groups excluding carboxylic acids is 2. The molecule has 0 heterocycles. The second-order valence-corrected chi connectivity index (χ2v) is 7.22. The van der Waals surface area contributed by atoms with E-state index in [1.807, 2.05) is 34.6 Å². The van der Waals surface area contributed by atoms with Crippen molar-refractivity contribution in [3.63, 3.8) is 0 Å². The van der Waals surface area contributed by atoms with Gasteiger partial charge in [-0.15, -0.1) is 0 Å². The van der Waals surface area contributed by atoms with Crippen LogP contribution in [0.4, 0.5) is 16.2 Å². The largest absolute Gasteiger partial charge is 0.445 e. The molecule has 0 saturated heterocycles. The quantitative estimate of drug-likeness (QED) is 0.379. The minimum atomic E-state index is -0.734. The number of hydrogen-bond acceptors (Lipinski definition) is 6. The Morgan fingerprint density at radius 2 is 1.85 bits per heavy atom. The van der Waals surface area contributed by atoms with Gasteiger partial charge in [0.1, 0.15) is 12.3 Å². The van der Waals surface area contributed by atoms with Crippen LogP contribution in [0.15, 0.2) is 29.3 Å². The highest BCUT2D eigenvalue weighted by Crippen LogP contribution is 2.25. The number of nitrogens with one attached hydrogen (secondary N) is 2. The molecule has 0 atom stereocenters. The number of benzene rings is 1. The smallest absolute Gasteiger partial charge is 0.407 e. The fourth-order valence-corrected chi connectivity index (χ4v) is 2.00. The van der Waals surface area contributed by atoms with Crippen LogP contribution in [0.2, 0.25) is 0 Å². The number of carbonyl (C=O) groups is 2. The summed E-state index contributed by atoms with van der Waals surface area (Å²) in [5.74, 6) is -0.734. The monoisotopic (exact) mass is 378 g/mol. The molecule has 1 rings (SSSR count). The molecule has 0 saturated carbocycles. The molecule has 0 aromatic heterocycles. The van der Waals surface area contributed by atoms with Crippen molar-refractivity contribution in [3.05, 3.63) is 45.0 Å². The van der Waals surface area contributed by atoms with E-state index in [1.54, 1.807) is 0 Å². The first-order valence-electron chi connectivity index (χ1n) is 8.33. The minimum Gasteiger partial charge on any atom is -0.445 e. The lowest BCUT2D eigenvalue weighted by Gasteiger charge is -2.20. The molecule has 1 aromatic carbocycles. The molecular formula is C18H26N4O5. The van der Waals surface area contributed by atoms with Crippen LogP contribution < -0.4 is 16.4 Å². The molecule has 0 fully saturated rings. The summed E-state index contributed by atoms with van der Waals surface area (Å²) in [7, 11) is 0. The first-order valence-corrected chi connectivity index (χ1v) is 8.33. The maximum absolute atomic E-state index is 11.7. The third-order valence-electron chi connectivity index (χ3n) is 3.65. The summed E-state index contributed by atoms with van der Waals surface area (Å²) < 4.78 is 5.16. The first-order chi connectivity index (χ1) is 12.4. The highest BCUT2D eigenvalue weighted by molar-refractivity contribution is 5.94. The zero-order chi connectivity index (χ0) is 20.8. The van der Waals surface area contributed by atoms with Gasteiger partial charge in [-0.3, -0.25) is 14.9 Å². The van der Waals surface area contributed by atoms with Crippen LogP contribution in [0, 0.1) is 10.1 Å². The summed E-state index contributed by atoms with van der Waals surface area (Å²) in [6.07, 6.45) is -0.514. The fourth-order valence-electron chi connectivity index (χ4n) is 2.00. The van der Waals surface area contributed by atoms with Gasteiger partial charge in [-0.25, -0.2) is 4.79 Å². The number of alkyl carbamates (subject to hydrolysis) is 1. The van der Waals surface area contributed by atoms with Crippen molar-refractivity contribution in [3.8, 4) is 0 Å². The van der Waals surface area contributed by atoms with Gasteiger partial charge in [-0.1, -0.05) is 5.57 Å². The molecule has 2 amide bonds. The number of primary amides is 1. The summed E-state index contributed by atoms with van der Waals surface area (Å²) >= 11 is 0. The predicted octanol–water partition coefficient (Wildman–Crippen LogP) is 2.97. The summed E-state index contributed by atoms with van der Waals surface area (Å²) in [6.45, 7) is 9.61. The maximum atomic E-state index is 11.7. The minimum absolute atomic E-state index is 0.0638. The van der Waals surface area contributed by atoms with Gasteiger partial charge in [0.05, 0.1) is 4.92 Å². The molecule has 0 spiro atoms. The topological polar surface area (TPSA) is 137 Å². The molecule has 0 aliphatic rings. The number of nitro groups is 1. The van der Waals surface area contributed by atoms with Crippen LogP contribution in [0.3, 0.4) is 0 Å². The van der Waals surface area contributed by atoms with E-state index in [9.17, 15) is 19.7 Å². The summed E-state index contributed by atoms with van der Waals surface area (Å²) in [5.41, 5.74) is 6.55. The van der Waals surface area contributed by atoms with Crippen molar-refractivity contribution >= 4 is 23.4 Å². The number of rotatable bonds is 7. The van der Waals surface area contributed by atoms with E-state index in [1.165, 1.54) is 12.1 Å². The van der Waals surface area contributed by atoms with Gasteiger partial charge in [0.25, 0.3) is 5.69 Å². The standard InChI is InChI=1S/C18H26N4O5/c1-11(12(2)10-27-17(24)21-18(3,4)5)9-20-14-7-6-13(16(19)23)8-15(14)22(25)26/h6-8,20H,9-10H2,1-5H3,(H2,19,23)(H,21,24)/b12-11+. The fraction of sp³-hybridized carbons (Fsp3) is 0.444. The molecule has 27 heavy (non-hydrogen) atoms. The van der Waals surface area contributed by atoms with Crippen molar-refractivity contribution in [2.75, 3.05) is 18.5 Å². The molecular weight excluding hydrogens is 352 g/mol. The Labute approximate surface area is 158 Å². The number of nitro benzene ring substituents is 1. The average Bonchev–Trinajstić information content (AvgIpc) is 2.55. The summed E-state index contributed by atoms with van der Waals surface area (Å²) in [4.78, 5) is 33.5. The highest BCUT2D eigenvalue weighted by atomic mass is 16.6. The molecule has 4 N–H and O–H groups in total. The number of ether oxygens (including phenoxy) is 1. The van der Waals surface area contributed by atoms with Gasteiger partial charge in [0.2, 0.25) is 5.91 Å². The van der Waals surface area contributed by atoms with Gasteiger partial charge >= 0.3 is 6.09 Å². The van der Waals surface area contributed by atoms with Gasteiger partial charge in [0.15, 0.2) is 0 Å². The second-order valence-electron chi connectivity index (χ2n) is 7.22. The number of anilines is 1. The van der Waals surface area contributed by atoms with Crippen molar-refractivity contribution in [2.45, 2.75) is 40.2 Å². The van der Waals surface area contributed by atoms with Crippen LogP contribution in [-0.4, -0.2) is 35.6 Å². The number of hydrogen-bond donors (Lipinski definition) is 3. The van der Waals surface area contributed by atoms with Gasteiger partial charge in [-0.2, -0.15) is 0 Å². The molecule has 0 unspecified atom stereocenters. The van der Waals surface area contributed by atoms with Crippen LogP contribution in [0.5, 0.6) is 0 Å². The molecule has 9 heteroatoms. The molecule has 0 radical (unpaired) electrons. The molecule has 1 aromatic rings. The van der Waals surface area contributed by atoms with Crippen LogP contribution in [-0.2, 0) is 4.74 Å². The normalized spacial score (nSPS) is 12.0. The average molecular weight is 378 g/mol. The first kappa shape index (κ1) is 21.9. The number of nitrogens with two attached hydrogens (primary N) is 1. The van der Waals surface area contributed by atoms with Crippen molar-refractivity contribution in [1.82, 2.24) is 5.32 Å². The van der Waals surface area contributed by atoms with Gasteiger partial charge in [0, 0.05) is 23.7 Å². The predicted molar refractivity (Wildman–Crippen MR) is 103 cm³/mol. The van der Waals surface area contributed by atoms with Gasteiger partial charge < -0.3 is 21.1 Å². The lowest BCUT2D eigenvalue weighted by Crippen LogP contribution is -2.41. The van der Waals surface area contributed by atoms with Crippen LogP contribution >= 0.6 is 0 Å². The number of amides is 2. The highest BCUT2D eigenvalue weighted by Gasteiger charge is 2.17. The third-order valence-corrected chi connectivity index (χ3v) is 3.65. The number of nitrogens with zero attached hydrogens (tertiary/aromatic N) is 1. The van der Waals surface area contributed by atoms with E-state index >= 15 is 0 Å². The van der Waals surface area contributed by atoms with Crippen molar-refractivity contribution in [2.24, 2.45) is 5.73 Å². The zero-order valence-electron chi connectivity index (χ0n) is 16.2. The Kier molecular flexibility index (Phi) is 7.33. The molecule has 0 aliphatic carbocycles. The molecule has 9 nitrogen and oxygen atoms in total. The Morgan fingerprint density at radius 3 is 2.37 bits per heavy atom. The van der Waals surface area contributed by atoms with Crippen molar-refractivity contribution in [1.29, 1.82) is 0 Å². The molecule has 148 valence electrons. The Morgan fingerprint density at radius 1 is 1.22 bits per heavy atom. The second kappa shape index (κ2) is 9.02. The SMILES string of the molecule is C/C(CNc1ccc(C(N)=O)cc1[N+](=O)[O-])=C(/C)COC(=O)NC(C)(C)C. The zero-order valence-corrected chi connectivity index (χ0v) is 16.2. The van der Waals surface area contributed by atoms with E-state index in [-0.39, 0.29) is 29.1 Å². The van der Waals surface area contributed by atoms with Gasteiger partial charge in [-0.05, 0) is 52.3 Å². The Bertz CT molecular complexity index is 766. The lowest BCUT2D eigenvalue weighted by molar-refractivity contribution is -0.384. The Hall–Kier alpha value is -3.10. The summed E-state index contributed by atoms with van der Waals surface area (Å²) in [5, 5.41) is 16.9. The van der Waals surface area contributed by atoms with E-state index in [2.05, 4.69) is 10.6 Å². The lowest BCUT2D eigenvalue weighted by atomic mass is 10.1. The maximum Gasteiger partial charge on any atom is 0.407 e. The summed E-state index contributed by atoms with van der Waals surface area (Å²) in [6, 6.07) is 3.99. The van der Waals surface area contributed by atoms with E-state index < -0.39 is 16.9 Å². The third kappa shape index (κ3) is 7.35. The Balaban J connectivity index is 2.76. The molecule has 0 aliphatic heterocycles. The van der Waals surface area contributed by atoms with Crippen LogP contribution in [0.1, 0.15) is 45.0 Å². The van der Waals surface area contributed by atoms with E-state index in [0.29, 0.717) is 6.54 Å². The van der Waals surface area contributed by atoms with E-state index in [0.717, 1.165) is 17.2 Å². The molecule has 0 bridgehead atoms. The van der Waals surface area contributed by atoms with E-state index in [4.69, 9.17) is 10.5 Å². The van der Waals surface area contributed by atoms with Crippen molar-refractivity contribution < 1.29 is 19.2 Å².